The summed E-state index contributed by atoms with van der Waals surface area (Å²) in [7, 11) is 1.21. The summed E-state index contributed by atoms with van der Waals surface area (Å²) in [6.45, 7) is -0.0861. The molecule has 0 bridgehead atoms. The fraction of sp³-hybridized carbons (Fsp3) is 0.150. The van der Waals surface area contributed by atoms with E-state index in [1.807, 2.05) is 0 Å². The van der Waals surface area contributed by atoms with Crippen molar-refractivity contribution < 1.29 is 31.9 Å². The van der Waals surface area contributed by atoms with Gasteiger partial charge in [-0.25, -0.2) is 9.78 Å². The summed E-state index contributed by atoms with van der Waals surface area (Å²) in [5.74, 6) is -1.04. The third-order valence-electron chi connectivity index (χ3n) is 4.04. The molecule has 150 valence electrons. The summed E-state index contributed by atoms with van der Waals surface area (Å²) in [5, 5.41) is 2.60. The first-order chi connectivity index (χ1) is 13.8. The van der Waals surface area contributed by atoms with E-state index in [-0.39, 0.29) is 23.7 Å². The molecular formula is C20H15F3N2O4. The van der Waals surface area contributed by atoms with E-state index in [0.717, 1.165) is 18.4 Å². The van der Waals surface area contributed by atoms with Crippen LogP contribution in [0.2, 0.25) is 0 Å². The van der Waals surface area contributed by atoms with Crippen molar-refractivity contribution in [3.8, 4) is 11.1 Å². The van der Waals surface area contributed by atoms with Crippen molar-refractivity contribution in [2.45, 2.75) is 12.7 Å². The Morgan fingerprint density at radius 1 is 1.10 bits per heavy atom. The number of alkyl halides is 3. The van der Waals surface area contributed by atoms with Crippen LogP contribution >= 0.6 is 0 Å². The molecule has 1 heterocycles. The zero-order valence-electron chi connectivity index (χ0n) is 15.1. The second-order valence-corrected chi connectivity index (χ2v) is 5.92. The fourth-order valence-corrected chi connectivity index (χ4v) is 2.61. The van der Waals surface area contributed by atoms with E-state index in [1.54, 1.807) is 24.3 Å². The molecule has 1 amide bonds. The van der Waals surface area contributed by atoms with Gasteiger partial charge < -0.3 is 14.5 Å². The number of carbonyl (C=O) groups excluding carboxylic acids is 2. The van der Waals surface area contributed by atoms with E-state index in [0.29, 0.717) is 11.1 Å². The van der Waals surface area contributed by atoms with Crippen LogP contribution in [-0.2, 0) is 17.5 Å². The van der Waals surface area contributed by atoms with Crippen LogP contribution < -0.4 is 5.32 Å². The molecule has 0 unspecified atom stereocenters. The van der Waals surface area contributed by atoms with Gasteiger partial charge in [0, 0.05) is 5.56 Å². The van der Waals surface area contributed by atoms with Gasteiger partial charge in [-0.1, -0.05) is 30.3 Å². The van der Waals surface area contributed by atoms with Gasteiger partial charge in [-0.05, 0) is 29.3 Å². The first-order valence-corrected chi connectivity index (χ1v) is 8.37. The number of methoxy groups -OCH3 is 1. The minimum Gasteiger partial charge on any atom is -0.464 e. The van der Waals surface area contributed by atoms with E-state index >= 15 is 0 Å². The lowest BCUT2D eigenvalue weighted by molar-refractivity contribution is -0.137. The Morgan fingerprint density at radius 2 is 1.79 bits per heavy atom. The lowest BCUT2D eigenvalue weighted by atomic mass is 9.98. The molecule has 0 radical (unpaired) electrons. The number of halogens is 3. The largest absolute Gasteiger partial charge is 0.464 e. The molecule has 1 aromatic heterocycles. The smallest absolute Gasteiger partial charge is 0.416 e. The highest BCUT2D eigenvalue weighted by molar-refractivity contribution is 6.00. The van der Waals surface area contributed by atoms with Gasteiger partial charge in [0.2, 0.25) is 5.89 Å². The number of hydrogen-bond donors (Lipinski definition) is 1. The highest BCUT2D eigenvalue weighted by Gasteiger charge is 2.30. The average Bonchev–Trinajstić information content (AvgIpc) is 3.20. The minimum absolute atomic E-state index is 0.0260. The lowest BCUT2D eigenvalue weighted by Crippen LogP contribution is -2.23. The van der Waals surface area contributed by atoms with Crippen LogP contribution in [0.5, 0.6) is 0 Å². The van der Waals surface area contributed by atoms with E-state index in [4.69, 9.17) is 4.42 Å². The molecule has 0 fully saturated rings. The summed E-state index contributed by atoms with van der Waals surface area (Å²) in [4.78, 5) is 27.9. The number of ether oxygens (including phenoxy) is 1. The Balaban J connectivity index is 1.77. The van der Waals surface area contributed by atoms with Gasteiger partial charge >= 0.3 is 12.1 Å². The van der Waals surface area contributed by atoms with Gasteiger partial charge in [0.05, 0.1) is 19.2 Å². The zero-order valence-corrected chi connectivity index (χ0v) is 15.1. The Kier molecular flexibility index (Phi) is 5.67. The average molecular weight is 404 g/mol. The van der Waals surface area contributed by atoms with Gasteiger partial charge in [0.25, 0.3) is 5.91 Å². The Labute approximate surface area is 163 Å². The van der Waals surface area contributed by atoms with Crippen LogP contribution in [0.15, 0.2) is 59.2 Å². The number of carbonyl (C=O) groups is 2. The number of amides is 1. The van der Waals surface area contributed by atoms with Gasteiger partial charge in [-0.15, -0.1) is 0 Å². The number of hydrogen-bond acceptors (Lipinski definition) is 5. The van der Waals surface area contributed by atoms with Crippen molar-refractivity contribution in [3.63, 3.8) is 0 Å². The minimum atomic E-state index is -4.44. The third-order valence-corrected chi connectivity index (χ3v) is 4.04. The second-order valence-electron chi connectivity index (χ2n) is 5.92. The molecular weight excluding hydrogens is 389 g/mol. The summed E-state index contributed by atoms with van der Waals surface area (Å²) in [6, 6.07) is 11.1. The molecule has 1 N–H and O–H groups in total. The highest BCUT2D eigenvalue weighted by Crippen LogP contribution is 2.31. The predicted molar refractivity (Wildman–Crippen MR) is 95.9 cm³/mol. The lowest BCUT2D eigenvalue weighted by Gasteiger charge is -2.11. The molecule has 0 aliphatic carbocycles. The van der Waals surface area contributed by atoms with E-state index in [2.05, 4.69) is 15.0 Å². The molecule has 29 heavy (non-hydrogen) atoms. The standard InChI is InChI=1S/C20H15F3N2O4/c1-28-19(27)16-11-29-17(25-16)10-24-18(26)15-5-3-2-4-14(15)12-6-8-13(9-7-12)20(21,22)23/h2-9,11H,10H2,1H3,(H,24,26). The van der Waals surface area contributed by atoms with Gasteiger partial charge in [0.15, 0.2) is 5.69 Å². The van der Waals surface area contributed by atoms with Crippen LogP contribution in [0, 0.1) is 0 Å². The Hall–Kier alpha value is -3.62. The van der Waals surface area contributed by atoms with Crippen LogP contribution in [0.1, 0.15) is 32.3 Å². The number of oxazole rings is 1. The maximum Gasteiger partial charge on any atom is 0.416 e. The number of nitrogens with zero attached hydrogens (tertiary/aromatic N) is 1. The quantitative estimate of drug-likeness (QED) is 0.648. The zero-order chi connectivity index (χ0) is 21.0. The Bertz CT molecular complexity index is 1030. The van der Waals surface area contributed by atoms with Gasteiger partial charge in [-0.3, -0.25) is 4.79 Å². The number of aromatic nitrogens is 1. The van der Waals surface area contributed by atoms with Gasteiger partial charge in [-0.2, -0.15) is 13.2 Å². The number of esters is 1. The summed E-state index contributed by atoms with van der Waals surface area (Å²) >= 11 is 0. The summed E-state index contributed by atoms with van der Waals surface area (Å²) < 4.78 is 47.9. The van der Waals surface area contributed by atoms with Crippen molar-refractivity contribution >= 4 is 11.9 Å². The van der Waals surface area contributed by atoms with Crippen LogP contribution in [-0.4, -0.2) is 24.0 Å². The third kappa shape index (κ3) is 4.63. The van der Waals surface area contributed by atoms with Crippen molar-refractivity contribution in [1.29, 1.82) is 0 Å². The molecule has 0 atom stereocenters. The number of nitrogens with one attached hydrogen (secondary N) is 1. The molecule has 0 aliphatic heterocycles. The molecule has 9 heteroatoms. The maximum atomic E-state index is 12.8. The number of rotatable bonds is 5. The highest BCUT2D eigenvalue weighted by atomic mass is 19.4. The molecule has 0 saturated heterocycles. The molecule has 6 nitrogen and oxygen atoms in total. The van der Waals surface area contributed by atoms with Crippen molar-refractivity contribution in [2.75, 3.05) is 7.11 Å². The first kappa shape index (κ1) is 20.1. The molecule has 3 aromatic rings. The molecule has 0 aliphatic rings. The second kappa shape index (κ2) is 8.17. The van der Waals surface area contributed by atoms with Crippen LogP contribution in [0.3, 0.4) is 0 Å². The van der Waals surface area contributed by atoms with Crippen LogP contribution in [0.25, 0.3) is 11.1 Å². The molecule has 0 spiro atoms. The Morgan fingerprint density at radius 3 is 2.45 bits per heavy atom. The first-order valence-electron chi connectivity index (χ1n) is 8.37. The summed E-state index contributed by atoms with van der Waals surface area (Å²) in [5.41, 5.74) is 0.414. The topological polar surface area (TPSA) is 81.4 Å². The number of benzene rings is 2. The van der Waals surface area contributed by atoms with E-state index in [1.165, 1.54) is 19.2 Å². The van der Waals surface area contributed by atoms with E-state index < -0.39 is 23.6 Å². The molecule has 0 saturated carbocycles. The normalized spacial score (nSPS) is 11.2. The maximum absolute atomic E-state index is 12.8. The van der Waals surface area contributed by atoms with Crippen molar-refractivity contribution in [2.24, 2.45) is 0 Å². The molecule has 2 aromatic carbocycles. The van der Waals surface area contributed by atoms with Gasteiger partial charge in [0.1, 0.15) is 6.26 Å². The van der Waals surface area contributed by atoms with E-state index in [9.17, 15) is 22.8 Å². The van der Waals surface area contributed by atoms with Crippen molar-refractivity contribution in [1.82, 2.24) is 10.3 Å². The van der Waals surface area contributed by atoms with Crippen molar-refractivity contribution in [3.05, 3.63) is 77.5 Å². The fourth-order valence-electron chi connectivity index (χ4n) is 2.61. The SMILES string of the molecule is COC(=O)c1coc(CNC(=O)c2ccccc2-c2ccc(C(F)(F)F)cc2)n1. The summed E-state index contributed by atoms with van der Waals surface area (Å²) in [6.07, 6.45) is -3.32. The molecule has 3 rings (SSSR count). The predicted octanol–water partition coefficient (Wildman–Crippen LogP) is 4.08. The van der Waals surface area contributed by atoms with Crippen LogP contribution in [0.4, 0.5) is 13.2 Å². The monoisotopic (exact) mass is 404 g/mol.